The van der Waals surface area contributed by atoms with Crippen LogP contribution in [0.5, 0.6) is 0 Å². The first kappa shape index (κ1) is 16.2. The Bertz CT molecular complexity index is 937. The predicted octanol–water partition coefficient (Wildman–Crippen LogP) is 0.853. The van der Waals surface area contributed by atoms with Crippen LogP contribution in [-0.4, -0.2) is 48.2 Å². The fourth-order valence-electron chi connectivity index (χ4n) is 3.05. The van der Waals surface area contributed by atoms with Crippen molar-refractivity contribution in [3.8, 4) is 0 Å². The first-order valence-corrected chi connectivity index (χ1v) is 9.29. The molecule has 3 heterocycles. The van der Waals surface area contributed by atoms with E-state index in [9.17, 15) is 13.2 Å². The van der Waals surface area contributed by atoms with Gasteiger partial charge >= 0.3 is 5.97 Å². The summed E-state index contributed by atoms with van der Waals surface area (Å²) in [6, 6.07) is 4.55. The number of aryl methyl sites for hydroxylation is 1. The molecule has 1 atom stereocenters. The molecule has 1 aromatic carbocycles. The van der Waals surface area contributed by atoms with Crippen molar-refractivity contribution in [2.75, 3.05) is 19.7 Å². The van der Waals surface area contributed by atoms with E-state index in [1.165, 1.54) is 16.4 Å². The average Bonchev–Trinajstić information content (AvgIpc) is 3.21. The topological polar surface area (TPSA) is 90.7 Å². The van der Waals surface area contributed by atoms with E-state index >= 15 is 0 Å². The highest BCUT2D eigenvalue weighted by atomic mass is 32.2. The number of nitrogens with zero attached hydrogens (tertiary/aromatic N) is 3. The molecule has 0 spiro atoms. The first-order chi connectivity index (χ1) is 11.9. The Hall–Kier alpha value is -2.23. The molecular weight excluding hydrogens is 346 g/mol. The highest BCUT2D eigenvalue weighted by Crippen LogP contribution is 2.28. The zero-order chi connectivity index (χ0) is 17.6. The largest absolute Gasteiger partial charge is 0.457 e. The number of cyclic esters (lactones) is 1. The van der Waals surface area contributed by atoms with Crippen LogP contribution < -0.4 is 0 Å². The molecule has 25 heavy (non-hydrogen) atoms. The van der Waals surface area contributed by atoms with Crippen molar-refractivity contribution in [2.24, 2.45) is 7.05 Å². The minimum absolute atomic E-state index is 0.0944. The van der Waals surface area contributed by atoms with E-state index in [1.807, 2.05) is 6.20 Å². The molecular formula is C16H17N3O5S. The monoisotopic (exact) mass is 363 g/mol. The Balaban J connectivity index is 1.62. The van der Waals surface area contributed by atoms with Gasteiger partial charge in [-0.1, -0.05) is 6.07 Å². The Kier molecular flexibility index (Phi) is 3.86. The normalized spacial score (nSPS) is 21.2. The van der Waals surface area contributed by atoms with Gasteiger partial charge in [-0.05, 0) is 12.1 Å². The van der Waals surface area contributed by atoms with Crippen LogP contribution in [-0.2, 0) is 33.2 Å². The lowest BCUT2D eigenvalue weighted by Gasteiger charge is -2.31. The van der Waals surface area contributed by atoms with Crippen LogP contribution in [0.15, 0.2) is 35.5 Å². The number of morpholine rings is 1. The molecule has 1 fully saturated rings. The second kappa shape index (κ2) is 5.94. The van der Waals surface area contributed by atoms with E-state index in [4.69, 9.17) is 9.47 Å². The molecule has 1 aromatic heterocycles. The smallest absolute Gasteiger partial charge is 0.338 e. The van der Waals surface area contributed by atoms with Crippen LogP contribution in [0.4, 0.5) is 0 Å². The summed E-state index contributed by atoms with van der Waals surface area (Å²) in [4.78, 5) is 11.8. The number of carbonyl (C=O) groups is 1. The van der Waals surface area contributed by atoms with Gasteiger partial charge in [-0.15, -0.1) is 0 Å². The number of ether oxygens (including phenoxy) is 2. The molecule has 0 saturated carbocycles. The highest BCUT2D eigenvalue weighted by molar-refractivity contribution is 7.89. The molecule has 9 heteroatoms. The number of carbonyl (C=O) groups excluding carboxylic acids is 1. The number of aromatic nitrogens is 2. The SMILES string of the molecule is Cn1cc([C@H]2CN(S(=O)(=O)c3ccc4c(c3)C(=O)OC4)CCO2)cn1. The second-order valence-corrected chi connectivity index (χ2v) is 8.00. The number of hydrogen-bond donors (Lipinski definition) is 0. The number of rotatable bonds is 3. The van der Waals surface area contributed by atoms with Crippen molar-refractivity contribution in [1.82, 2.24) is 14.1 Å². The summed E-state index contributed by atoms with van der Waals surface area (Å²) in [5.74, 6) is -0.484. The molecule has 2 aliphatic heterocycles. The van der Waals surface area contributed by atoms with E-state index in [1.54, 1.807) is 24.0 Å². The maximum Gasteiger partial charge on any atom is 0.338 e. The summed E-state index contributed by atoms with van der Waals surface area (Å²) >= 11 is 0. The summed E-state index contributed by atoms with van der Waals surface area (Å²) in [6.07, 6.45) is 3.12. The molecule has 4 rings (SSSR count). The van der Waals surface area contributed by atoms with Gasteiger partial charge in [-0.2, -0.15) is 9.40 Å². The van der Waals surface area contributed by atoms with Crippen molar-refractivity contribution in [2.45, 2.75) is 17.6 Å². The molecule has 1 saturated heterocycles. The quantitative estimate of drug-likeness (QED) is 0.751. The Labute approximate surface area is 145 Å². The maximum atomic E-state index is 13.0. The van der Waals surface area contributed by atoms with Gasteiger partial charge in [0.15, 0.2) is 0 Å². The zero-order valence-electron chi connectivity index (χ0n) is 13.6. The van der Waals surface area contributed by atoms with Crippen LogP contribution in [0, 0.1) is 0 Å². The summed E-state index contributed by atoms with van der Waals surface area (Å²) in [5.41, 5.74) is 1.86. The summed E-state index contributed by atoms with van der Waals surface area (Å²) in [7, 11) is -1.93. The number of hydrogen-bond acceptors (Lipinski definition) is 6. The van der Waals surface area contributed by atoms with Gasteiger partial charge in [0.2, 0.25) is 10.0 Å². The summed E-state index contributed by atoms with van der Waals surface area (Å²) in [6.45, 7) is 0.955. The molecule has 0 bridgehead atoms. The van der Waals surface area contributed by atoms with Crippen LogP contribution >= 0.6 is 0 Å². The zero-order valence-corrected chi connectivity index (χ0v) is 14.4. The van der Waals surface area contributed by atoms with E-state index < -0.39 is 16.0 Å². The molecule has 2 aromatic rings. The highest BCUT2D eigenvalue weighted by Gasteiger charge is 2.33. The molecule has 8 nitrogen and oxygen atoms in total. The number of esters is 1. The Morgan fingerprint density at radius 2 is 2.16 bits per heavy atom. The van der Waals surface area contributed by atoms with E-state index in [0.29, 0.717) is 17.7 Å². The minimum atomic E-state index is -3.72. The minimum Gasteiger partial charge on any atom is -0.457 e. The molecule has 0 unspecified atom stereocenters. The predicted molar refractivity (Wildman–Crippen MR) is 86.2 cm³/mol. The molecule has 2 aliphatic rings. The van der Waals surface area contributed by atoms with Crippen molar-refractivity contribution in [3.05, 3.63) is 47.3 Å². The van der Waals surface area contributed by atoms with Crippen molar-refractivity contribution in [1.29, 1.82) is 0 Å². The lowest BCUT2D eigenvalue weighted by atomic mass is 10.1. The molecule has 0 aliphatic carbocycles. The maximum absolute atomic E-state index is 13.0. The van der Waals surface area contributed by atoms with E-state index in [2.05, 4.69) is 5.10 Å². The Morgan fingerprint density at radius 1 is 1.32 bits per heavy atom. The number of fused-ring (bicyclic) bond motifs is 1. The van der Waals surface area contributed by atoms with Crippen LogP contribution in [0.2, 0.25) is 0 Å². The van der Waals surface area contributed by atoms with Crippen molar-refractivity contribution in [3.63, 3.8) is 0 Å². The Morgan fingerprint density at radius 3 is 2.92 bits per heavy atom. The lowest BCUT2D eigenvalue weighted by Crippen LogP contribution is -2.42. The fourth-order valence-corrected chi connectivity index (χ4v) is 4.51. The number of benzene rings is 1. The van der Waals surface area contributed by atoms with Gasteiger partial charge in [0, 0.05) is 37.5 Å². The molecule has 0 N–H and O–H groups in total. The number of sulfonamides is 1. The molecule has 0 amide bonds. The van der Waals surface area contributed by atoms with Gasteiger partial charge in [-0.25, -0.2) is 13.2 Å². The second-order valence-electron chi connectivity index (χ2n) is 6.06. The van der Waals surface area contributed by atoms with Crippen molar-refractivity contribution < 1.29 is 22.7 Å². The molecule has 0 radical (unpaired) electrons. The third-order valence-corrected chi connectivity index (χ3v) is 6.28. The van der Waals surface area contributed by atoms with Gasteiger partial charge in [0.05, 0.1) is 29.4 Å². The van der Waals surface area contributed by atoms with Crippen LogP contribution in [0.25, 0.3) is 0 Å². The van der Waals surface area contributed by atoms with Crippen molar-refractivity contribution >= 4 is 16.0 Å². The van der Waals surface area contributed by atoms with E-state index in [0.717, 1.165) is 5.56 Å². The van der Waals surface area contributed by atoms with Gasteiger partial charge in [0.1, 0.15) is 6.61 Å². The van der Waals surface area contributed by atoms with Gasteiger partial charge < -0.3 is 9.47 Å². The fraction of sp³-hybridized carbons (Fsp3) is 0.375. The lowest BCUT2D eigenvalue weighted by molar-refractivity contribution is -0.00259. The third kappa shape index (κ3) is 2.84. The standard InChI is InChI=1S/C16H17N3O5S/c1-18-8-12(7-17-18)15-9-19(4-5-23-15)25(21,22)13-3-2-11-10-24-16(20)14(11)6-13/h2-3,6-8,15H,4-5,9-10H2,1H3/t15-/m1/s1. The van der Waals surface area contributed by atoms with E-state index in [-0.39, 0.29) is 30.7 Å². The van der Waals surface area contributed by atoms with Gasteiger partial charge in [-0.3, -0.25) is 4.68 Å². The van der Waals surface area contributed by atoms with Crippen LogP contribution in [0.3, 0.4) is 0 Å². The third-order valence-electron chi connectivity index (χ3n) is 4.42. The van der Waals surface area contributed by atoms with Gasteiger partial charge in [0.25, 0.3) is 0 Å². The average molecular weight is 363 g/mol. The summed E-state index contributed by atoms with van der Waals surface area (Å²) in [5, 5.41) is 4.10. The molecule has 132 valence electrons. The van der Waals surface area contributed by atoms with Crippen LogP contribution in [0.1, 0.15) is 27.6 Å². The first-order valence-electron chi connectivity index (χ1n) is 7.85. The summed E-state index contributed by atoms with van der Waals surface area (Å²) < 4.78 is 39.6.